The third-order valence-corrected chi connectivity index (χ3v) is 2.24. The van der Waals surface area contributed by atoms with E-state index in [-0.39, 0.29) is 5.91 Å². The Morgan fingerprint density at radius 1 is 1.29 bits per heavy atom. The third kappa shape index (κ3) is 4.80. The van der Waals surface area contributed by atoms with Gasteiger partial charge in [0.15, 0.2) is 0 Å². The quantitative estimate of drug-likeness (QED) is 0.709. The second-order valence-corrected chi connectivity index (χ2v) is 3.80. The summed E-state index contributed by atoms with van der Waals surface area (Å²) in [6.45, 7) is 5.63. The number of carbonyl (C=O) groups excluding carboxylic acids is 1. The molecule has 0 saturated carbocycles. The molecule has 1 rings (SSSR count). The van der Waals surface area contributed by atoms with Gasteiger partial charge in [-0.05, 0) is 18.9 Å². The molecule has 0 aliphatic heterocycles. The Labute approximate surface area is 102 Å². The van der Waals surface area contributed by atoms with Crippen LogP contribution >= 0.6 is 0 Å². The Hall–Kier alpha value is -1.65. The summed E-state index contributed by atoms with van der Waals surface area (Å²) in [6, 6.07) is 1.62. The number of rotatable bonds is 7. The van der Waals surface area contributed by atoms with Crippen molar-refractivity contribution in [1.82, 2.24) is 15.3 Å². The first-order valence-electron chi connectivity index (χ1n) is 6.13. The van der Waals surface area contributed by atoms with Crippen LogP contribution in [0, 0.1) is 0 Å². The Balaban J connectivity index is 2.55. The predicted octanol–water partition coefficient (Wildman–Crippen LogP) is 1.83. The molecule has 0 aliphatic carbocycles. The number of hydrogen-bond acceptors (Lipinski definition) is 4. The fourth-order valence-electron chi connectivity index (χ4n) is 1.28. The molecule has 0 aliphatic rings. The average molecular weight is 236 g/mol. The second-order valence-electron chi connectivity index (χ2n) is 3.80. The van der Waals surface area contributed by atoms with Gasteiger partial charge >= 0.3 is 0 Å². The Bertz CT molecular complexity index is 354. The predicted molar refractivity (Wildman–Crippen MR) is 68.1 cm³/mol. The summed E-state index contributed by atoms with van der Waals surface area (Å²) in [5, 5.41) is 5.88. The number of anilines is 1. The van der Waals surface area contributed by atoms with E-state index in [9.17, 15) is 4.79 Å². The van der Waals surface area contributed by atoms with Crippen molar-refractivity contribution in [3.8, 4) is 0 Å². The smallest absolute Gasteiger partial charge is 0.270 e. The summed E-state index contributed by atoms with van der Waals surface area (Å²) in [5.74, 6) is 0.371. The minimum absolute atomic E-state index is 0.146. The van der Waals surface area contributed by atoms with Crippen LogP contribution in [0.4, 0.5) is 5.95 Å². The van der Waals surface area contributed by atoms with E-state index >= 15 is 0 Å². The lowest BCUT2D eigenvalue weighted by Gasteiger charge is -2.06. The lowest BCUT2D eigenvalue weighted by Crippen LogP contribution is -2.25. The molecule has 2 N–H and O–H groups in total. The third-order valence-electron chi connectivity index (χ3n) is 2.24. The van der Waals surface area contributed by atoms with E-state index in [4.69, 9.17) is 0 Å². The van der Waals surface area contributed by atoms with Gasteiger partial charge in [-0.15, -0.1) is 0 Å². The van der Waals surface area contributed by atoms with E-state index in [1.165, 1.54) is 0 Å². The van der Waals surface area contributed by atoms with Gasteiger partial charge in [-0.2, -0.15) is 0 Å². The van der Waals surface area contributed by atoms with E-state index in [1.807, 2.05) is 6.92 Å². The van der Waals surface area contributed by atoms with Crippen molar-refractivity contribution in [2.24, 2.45) is 0 Å². The molecule has 17 heavy (non-hydrogen) atoms. The van der Waals surface area contributed by atoms with Crippen molar-refractivity contribution in [2.45, 2.75) is 33.1 Å². The van der Waals surface area contributed by atoms with Gasteiger partial charge in [0.05, 0.1) is 0 Å². The summed E-state index contributed by atoms with van der Waals surface area (Å²) in [7, 11) is 0. The summed E-state index contributed by atoms with van der Waals surface area (Å²) < 4.78 is 0. The van der Waals surface area contributed by atoms with Gasteiger partial charge < -0.3 is 10.6 Å². The molecule has 0 spiro atoms. The number of unbranched alkanes of at least 4 members (excludes halogenated alkanes) is 1. The summed E-state index contributed by atoms with van der Waals surface area (Å²) in [5.41, 5.74) is 0.410. The highest BCUT2D eigenvalue weighted by Crippen LogP contribution is 2.01. The summed E-state index contributed by atoms with van der Waals surface area (Å²) >= 11 is 0. The molecule has 1 amide bonds. The minimum atomic E-state index is -0.146. The highest BCUT2D eigenvalue weighted by atomic mass is 16.1. The van der Waals surface area contributed by atoms with Gasteiger partial charge in [0.1, 0.15) is 5.69 Å². The molecule has 1 aromatic rings. The molecular formula is C12H20N4O. The first kappa shape index (κ1) is 13.4. The largest absolute Gasteiger partial charge is 0.354 e. The Kier molecular flexibility index (Phi) is 5.99. The molecule has 5 heteroatoms. The van der Waals surface area contributed by atoms with E-state index in [0.717, 1.165) is 25.8 Å². The van der Waals surface area contributed by atoms with Crippen LogP contribution < -0.4 is 10.6 Å². The van der Waals surface area contributed by atoms with Crippen LogP contribution in [0.15, 0.2) is 12.3 Å². The van der Waals surface area contributed by atoms with Gasteiger partial charge in [0.25, 0.3) is 5.91 Å². The van der Waals surface area contributed by atoms with Gasteiger partial charge in [-0.3, -0.25) is 4.79 Å². The maximum Gasteiger partial charge on any atom is 0.270 e. The van der Waals surface area contributed by atoms with Crippen LogP contribution in [0.1, 0.15) is 43.6 Å². The molecule has 5 nitrogen and oxygen atoms in total. The molecule has 0 radical (unpaired) electrons. The average Bonchev–Trinajstić information content (AvgIpc) is 2.36. The van der Waals surface area contributed by atoms with E-state index in [0.29, 0.717) is 18.2 Å². The molecule has 0 aromatic carbocycles. The first-order chi connectivity index (χ1) is 8.27. The van der Waals surface area contributed by atoms with Crippen LogP contribution in [-0.4, -0.2) is 29.0 Å². The maximum absolute atomic E-state index is 11.7. The Morgan fingerprint density at radius 3 is 2.82 bits per heavy atom. The number of nitrogens with one attached hydrogen (secondary N) is 2. The molecule has 0 saturated heterocycles. The van der Waals surface area contributed by atoms with Crippen molar-refractivity contribution in [1.29, 1.82) is 0 Å². The van der Waals surface area contributed by atoms with Crippen molar-refractivity contribution < 1.29 is 4.79 Å². The molecule has 1 heterocycles. The minimum Gasteiger partial charge on any atom is -0.354 e. The zero-order chi connectivity index (χ0) is 12.5. The summed E-state index contributed by atoms with van der Waals surface area (Å²) in [6.07, 6.45) is 4.69. The lowest BCUT2D eigenvalue weighted by atomic mass is 10.3. The zero-order valence-electron chi connectivity index (χ0n) is 10.5. The van der Waals surface area contributed by atoms with Gasteiger partial charge in [-0.25, -0.2) is 9.97 Å². The fraction of sp³-hybridized carbons (Fsp3) is 0.583. The van der Waals surface area contributed by atoms with E-state index < -0.39 is 0 Å². The fourth-order valence-corrected chi connectivity index (χ4v) is 1.28. The van der Waals surface area contributed by atoms with Crippen LogP contribution in [0.5, 0.6) is 0 Å². The number of amides is 1. The monoisotopic (exact) mass is 236 g/mol. The van der Waals surface area contributed by atoms with Gasteiger partial charge in [-0.1, -0.05) is 20.3 Å². The molecular weight excluding hydrogens is 216 g/mol. The lowest BCUT2D eigenvalue weighted by molar-refractivity contribution is 0.0948. The Morgan fingerprint density at radius 2 is 2.12 bits per heavy atom. The molecule has 94 valence electrons. The molecule has 0 unspecified atom stereocenters. The number of nitrogens with zero attached hydrogens (tertiary/aromatic N) is 2. The zero-order valence-corrected chi connectivity index (χ0v) is 10.5. The van der Waals surface area contributed by atoms with Crippen LogP contribution in [0.25, 0.3) is 0 Å². The highest BCUT2D eigenvalue weighted by Gasteiger charge is 2.07. The molecule has 0 fully saturated rings. The first-order valence-corrected chi connectivity index (χ1v) is 6.13. The van der Waals surface area contributed by atoms with Crippen LogP contribution in [0.2, 0.25) is 0 Å². The molecule has 0 atom stereocenters. The van der Waals surface area contributed by atoms with E-state index in [2.05, 4.69) is 27.5 Å². The van der Waals surface area contributed by atoms with Gasteiger partial charge in [0, 0.05) is 19.3 Å². The van der Waals surface area contributed by atoms with Crippen molar-refractivity contribution in [3.05, 3.63) is 18.0 Å². The maximum atomic E-state index is 11.7. The number of hydrogen-bond donors (Lipinski definition) is 2. The second kappa shape index (κ2) is 7.60. The van der Waals surface area contributed by atoms with Crippen LogP contribution in [0.3, 0.4) is 0 Å². The van der Waals surface area contributed by atoms with Crippen molar-refractivity contribution in [2.75, 3.05) is 18.4 Å². The topological polar surface area (TPSA) is 66.9 Å². The van der Waals surface area contributed by atoms with E-state index in [1.54, 1.807) is 12.3 Å². The molecule has 1 aromatic heterocycles. The SMILES string of the molecule is CCCCNc1nccc(C(=O)NCCC)n1. The van der Waals surface area contributed by atoms with Gasteiger partial charge in [0.2, 0.25) is 5.95 Å². The summed E-state index contributed by atoms with van der Waals surface area (Å²) in [4.78, 5) is 19.9. The normalized spacial score (nSPS) is 10.0. The molecule has 0 bridgehead atoms. The van der Waals surface area contributed by atoms with Crippen molar-refractivity contribution in [3.63, 3.8) is 0 Å². The number of aromatic nitrogens is 2. The van der Waals surface area contributed by atoms with Crippen LogP contribution in [-0.2, 0) is 0 Å². The standard InChI is InChI=1S/C12H20N4O/c1-3-5-8-14-12-15-9-6-10(16-12)11(17)13-7-4-2/h6,9H,3-5,7-8H2,1-2H3,(H,13,17)(H,14,15,16). The van der Waals surface area contributed by atoms with Crippen molar-refractivity contribution >= 4 is 11.9 Å². The highest BCUT2D eigenvalue weighted by molar-refractivity contribution is 5.92. The number of carbonyl (C=O) groups is 1.